The van der Waals surface area contributed by atoms with Gasteiger partial charge in [-0.15, -0.1) is 0 Å². The highest BCUT2D eigenvalue weighted by molar-refractivity contribution is 7.80. The van der Waals surface area contributed by atoms with Gasteiger partial charge in [0.2, 0.25) is 0 Å². The van der Waals surface area contributed by atoms with E-state index in [1.165, 1.54) is 18.2 Å². The second-order valence-electron chi connectivity index (χ2n) is 6.36. The van der Waals surface area contributed by atoms with Crippen molar-refractivity contribution >= 4 is 40.6 Å². The molecule has 0 amide bonds. The Morgan fingerprint density at radius 1 is 1.19 bits per heavy atom. The third-order valence-corrected chi connectivity index (χ3v) is 4.66. The molecule has 0 bridgehead atoms. The lowest BCUT2D eigenvalue weighted by atomic mass is 9.93. The van der Waals surface area contributed by atoms with Crippen LogP contribution in [-0.4, -0.2) is 18.2 Å². The smallest absolute Gasteiger partial charge is 0.339 e. The molecule has 0 aliphatic rings. The van der Waals surface area contributed by atoms with Crippen molar-refractivity contribution in [2.24, 2.45) is 5.92 Å². The van der Waals surface area contributed by atoms with Gasteiger partial charge in [-0.2, -0.15) is 0 Å². The Kier molecular flexibility index (Phi) is 7.00. The van der Waals surface area contributed by atoms with E-state index in [0.717, 1.165) is 0 Å². The van der Waals surface area contributed by atoms with Gasteiger partial charge in [0.15, 0.2) is 5.11 Å². The number of aryl methyl sites for hydroxylation is 1. The van der Waals surface area contributed by atoms with Gasteiger partial charge >= 0.3 is 5.97 Å². The van der Waals surface area contributed by atoms with Gasteiger partial charge < -0.3 is 15.4 Å². The first-order chi connectivity index (χ1) is 12.3. The molecular formula is C20H23ClN2O2S. The molecule has 138 valence electrons. The Bertz CT molecular complexity index is 808. The van der Waals surface area contributed by atoms with Crippen molar-refractivity contribution in [2.45, 2.75) is 26.8 Å². The number of anilines is 1. The van der Waals surface area contributed by atoms with E-state index >= 15 is 0 Å². The molecule has 0 radical (unpaired) electrons. The Morgan fingerprint density at radius 3 is 2.50 bits per heavy atom. The molecule has 4 nitrogen and oxygen atoms in total. The zero-order valence-electron chi connectivity index (χ0n) is 15.3. The molecule has 1 atom stereocenters. The highest BCUT2D eigenvalue weighted by Crippen LogP contribution is 2.25. The molecule has 0 spiro atoms. The molecule has 0 aromatic heterocycles. The number of ether oxygens (including phenoxy) is 1. The maximum Gasteiger partial charge on any atom is 0.339 e. The first-order valence-electron chi connectivity index (χ1n) is 8.34. The van der Waals surface area contributed by atoms with Crippen molar-refractivity contribution in [1.82, 2.24) is 5.32 Å². The molecular weight excluding hydrogens is 368 g/mol. The van der Waals surface area contributed by atoms with Gasteiger partial charge in [0.25, 0.3) is 0 Å². The topological polar surface area (TPSA) is 50.4 Å². The molecule has 0 aliphatic heterocycles. The molecule has 26 heavy (non-hydrogen) atoms. The molecule has 2 N–H and O–H groups in total. The van der Waals surface area contributed by atoms with Crippen LogP contribution in [-0.2, 0) is 4.74 Å². The zero-order valence-corrected chi connectivity index (χ0v) is 16.9. The van der Waals surface area contributed by atoms with Gasteiger partial charge in [-0.1, -0.05) is 49.7 Å². The van der Waals surface area contributed by atoms with E-state index in [2.05, 4.69) is 43.5 Å². The molecule has 0 saturated heterocycles. The largest absolute Gasteiger partial charge is 0.465 e. The molecule has 0 saturated carbocycles. The lowest BCUT2D eigenvalue weighted by molar-refractivity contribution is 0.0601. The van der Waals surface area contributed by atoms with Crippen LogP contribution in [0, 0.1) is 12.8 Å². The van der Waals surface area contributed by atoms with E-state index in [1.807, 2.05) is 12.1 Å². The Labute approximate surface area is 164 Å². The van der Waals surface area contributed by atoms with Crippen LogP contribution in [0.4, 0.5) is 5.69 Å². The van der Waals surface area contributed by atoms with Gasteiger partial charge in [-0.05, 0) is 54.4 Å². The van der Waals surface area contributed by atoms with Crippen LogP contribution in [0.5, 0.6) is 0 Å². The Balaban J connectivity index is 2.17. The molecule has 1 unspecified atom stereocenters. The summed E-state index contributed by atoms with van der Waals surface area (Å²) >= 11 is 11.5. The van der Waals surface area contributed by atoms with Crippen LogP contribution in [0.1, 0.15) is 41.4 Å². The van der Waals surface area contributed by atoms with Crippen molar-refractivity contribution in [2.75, 3.05) is 12.4 Å². The summed E-state index contributed by atoms with van der Waals surface area (Å²) in [7, 11) is 1.32. The lowest BCUT2D eigenvalue weighted by Crippen LogP contribution is -2.35. The van der Waals surface area contributed by atoms with E-state index < -0.39 is 5.97 Å². The molecule has 0 heterocycles. The summed E-state index contributed by atoms with van der Waals surface area (Å²) < 4.78 is 4.74. The molecule has 0 aliphatic carbocycles. The van der Waals surface area contributed by atoms with Crippen molar-refractivity contribution in [3.05, 3.63) is 64.2 Å². The number of methoxy groups -OCH3 is 1. The number of benzene rings is 2. The lowest BCUT2D eigenvalue weighted by Gasteiger charge is -2.26. The summed E-state index contributed by atoms with van der Waals surface area (Å²) in [6, 6.07) is 13.3. The van der Waals surface area contributed by atoms with E-state index in [-0.39, 0.29) is 6.04 Å². The van der Waals surface area contributed by atoms with Crippen LogP contribution in [0.15, 0.2) is 42.5 Å². The van der Waals surface area contributed by atoms with E-state index in [0.29, 0.717) is 27.3 Å². The quantitative estimate of drug-likeness (QED) is 0.548. The first-order valence-corrected chi connectivity index (χ1v) is 9.13. The van der Waals surface area contributed by atoms with Crippen molar-refractivity contribution < 1.29 is 9.53 Å². The Hall–Kier alpha value is -2.11. The number of thiocarbonyl (C=S) groups is 1. The van der Waals surface area contributed by atoms with Gasteiger partial charge in [-0.3, -0.25) is 0 Å². The maximum absolute atomic E-state index is 11.8. The van der Waals surface area contributed by atoms with Crippen LogP contribution < -0.4 is 10.6 Å². The fourth-order valence-electron chi connectivity index (χ4n) is 2.72. The average Bonchev–Trinajstić information content (AvgIpc) is 2.61. The minimum atomic E-state index is -0.488. The highest BCUT2D eigenvalue weighted by Gasteiger charge is 2.19. The third-order valence-electron chi connectivity index (χ3n) is 4.11. The van der Waals surface area contributed by atoms with Gasteiger partial charge in [0, 0.05) is 5.69 Å². The normalized spacial score (nSPS) is 11.8. The van der Waals surface area contributed by atoms with E-state index in [4.69, 9.17) is 28.6 Å². The second-order valence-corrected chi connectivity index (χ2v) is 7.18. The summed E-state index contributed by atoms with van der Waals surface area (Å²) in [5, 5.41) is 7.30. The summed E-state index contributed by atoms with van der Waals surface area (Å²) in [4.78, 5) is 11.8. The highest BCUT2D eigenvalue weighted by atomic mass is 35.5. The van der Waals surface area contributed by atoms with Crippen LogP contribution in [0.3, 0.4) is 0 Å². The van der Waals surface area contributed by atoms with Crippen LogP contribution >= 0.6 is 23.8 Å². The first kappa shape index (κ1) is 20.2. The van der Waals surface area contributed by atoms with Crippen molar-refractivity contribution in [3.63, 3.8) is 0 Å². The van der Waals surface area contributed by atoms with Crippen LogP contribution in [0.25, 0.3) is 0 Å². The number of nitrogens with one attached hydrogen (secondary N) is 2. The fourth-order valence-corrected chi connectivity index (χ4v) is 3.16. The number of hydrogen-bond acceptors (Lipinski definition) is 3. The standard InChI is InChI=1S/C20H23ClN2O2S/c1-12(2)18(15-8-6-5-7-13(15)3)23-20(26)22-14-9-10-17(21)16(11-14)19(24)25-4/h5-12,18H,1-4H3,(H2,22,23,26). The molecule has 2 aromatic carbocycles. The fraction of sp³-hybridized carbons (Fsp3) is 0.300. The minimum absolute atomic E-state index is 0.0728. The number of rotatable bonds is 5. The summed E-state index contributed by atoms with van der Waals surface area (Å²) in [6.07, 6.45) is 0. The predicted octanol–water partition coefficient (Wildman–Crippen LogP) is 5.12. The number of halogens is 1. The van der Waals surface area contributed by atoms with Crippen LogP contribution in [0.2, 0.25) is 5.02 Å². The summed E-state index contributed by atoms with van der Waals surface area (Å²) in [5.74, 6) is -0.149. The SMILES string of the molecule is COC(=O)c1cc(NC(=S)NC(c2ccccc2C)C(C)C)ccc1Cl. The van der Waals surface area contributed by atoms with E-state index in [9.17, 15) is 4.79 Å². The molecule has 2 rings (SSSR count). The maximum atomic E-state index is 11.8. The number of carbonyl (C=O) groups is 1. The van der Waals surface area contributed by atoms with Gasteiger partial charge in [0.1, 0.15) is 0 Å². The molecule has 2 aromatic rings. The van der Waals surface area contributed by atoms with Crippen molar-refractivity contribution in [3.8, 4) is 0 Å². The number of esters is 1. The van der Waals surface area contributed by atoms with Crippen molar-refractivity contribution in [1.29, 1.82) is 0 Å². The van der Waals surface area contributed by atoms with Gasteiger partial charge in [-0.25, -0.2) is 4.79 Å². The van der Waals surface area contributed by atoms with Gasteiger partial charge in [0.05, 0.1) is 23.7 Å². The number of carbonyl (C=O) groups excluding carboxylic acids is 1. The zero-order chi connectivity index (χ0) is 19.3. The average molecular weight is 391 g/mol. The number of hydrogen-bond donors (Lipinski definition) is 2. The molecule has 6 heteroatoms. The predicted molar refractivity (Wildman–Crippen MR) is 111 cm³/mol. The third kappa shape index (κ3) is 4.96. The summed E-state index contributed by atoms with van der Waals surface area (Å²) in [5.41, 5.74) is 3.37. The Morgan fingerprint density at radius 2 is 1.88 bits per heavy atom. The monoisotopic (exact) mass is 390 g/mol. The van der Waals surface area contributed by atoms with E-state index in [1.54, 1.807) is 18.2 Å². The summed E-state index contributed by atoms with van der Waals surface area (Å²) in [6.45, 7) is 6.37. The molecule has 0 fully saturated rings. The second kappa shape index (κ2) is 9.01. The minimum Gasteiger partial charge on any atom is -0.465 e.